The summed E-state index contributed by atoms with van der Waals surface area (Å²) in [6, 6.07) is 23.1. The molecule has 9 nitrogen and oxygen atoms in total. The largest absolute Gasteiger partial charge is 0.479 e. The first kappa shape index (κ1) is 30.4. The van der Waals surface area contributed by atoms with Crippen LogP contribution in [0.4, 0.5) is 0 Å². The third-order valence-electron chi connectivity index (χ3n) is 6.07. The topological polar surface area (TPSA) is 119 Å². The standard InChI is InChI=1S/C31H27Cl2N3O6/c1-19(41-28-14-12-23(32)17-25(28)33)29(37)35-26(16-20-6-4-3-5-7-20)30(38)36-34-18-24-13-15-27(42-24)21-8-10-22(11-9-21)31(39)40-2/h3-15,17-19,26H,16H2,1-2H3,(H,35,37)(H,36,38)/b34-18-/t19-,26+/m1/s1. The summed E-state index contributed by atoms with van der Waals surface area (Å²) in [6.07, 6.45) is 0.607. The Labute approximate surface area is 252 Å². The van der Waals surface area contributed by atoms with Crippen molar-refractivity contribution < 1.29 is 28.3 Å². The zero-order valence-electron chi connectivity index (χ0n) is 22.7. The van der Waals surface area contributed by atoms with Crippen molar-refractivity contribution in [3.05, 3.63) is 112 Å². The number of rotatable bonds is 11. The number of hydrogen-bond acceptors (Lipinski definition) is 7. The number of nitrogens with zero attached hydrogens (tertiary/aromatic N) is 1. The number of furan rings is 1. The summed E-state index contributed by atoms with van der Waals surface area (Å²) < 4.78 is 16.2. The van der Waals surface area contributed by atoms with Gasteiger partial charge in [0.25, 0.3) is 11.8 Å². The van der Waals surface area contributed by atoms with Gasteiger partial charge in [-0.2, -0.15) is 5.10 Å². The second-order valence-electron chi connectivity index (χ2n) is 9.09. The fraction of sp³-hybridized carbons (Fsp3) is 0.161. The summed E-state index contributed by atoms with van der Waals surface area (Å²) >= 11 is 12.1. The number of amides is 2. The molecule has 0 bridgehead atoms. The number of hydrazone groups is 1. The second kappa shape index (κ2) is 14.3. The number of hydrogen-bond donors (Lipinski definition) is 2. The van der Waals surface area contributed by atoms with Gasteiger partial charge in [-0.05, 0) is 55.0 Å². The van der Waals surface area contributed by atoms with Crippen molar-refractivity contribution in [3.8, 4) is 17.1 Å². The number of benzene rings is 3. The molecule has 0 aliphatic heterocycles. The molecule has 4 rings (SSSR count). The highest BCUT2D eigenvalue weighted by Gasteiger charge is 2.25. The van der Waals surface area contributed by atoms with Crippen LogP contribution in [0.15, 0.2) is 94.4 Å². The van der Waals surface area contributed by atoms with Crippen LogP contribution in [0, 0.1) is 0 Å². The highest BCUT2D eigenvalue weighted by Crippen LogP contribution is 2.28. The van der Waals surface area contributed by atoms with Gasteiger partial charge in [-0.15, -0.1) is 0 Å². The van der Waals surface area contributed by atoms with E-state index in [1.165, 1.54) is 19.4 Å². The zero-order chi connectivity index (χ0) is 30.1. The number of carbonyl (C=O) groups is 3. The van der Waals surface area contributed by atoms with E-state index < -0.39 is 29.9 Å². The van der Waals surface area contributed by atoms with Crippen molar-refractivity contribution in [2.24, 2.45) is 5.10 Å². The number of carbonyl (C=O) groups excluding carboxylic acids is 3. The summed E-state index contributed by atoms with van der Waals surface area (Å²) in [5.74, 6) is -0.273. The Morgan fingerprint density at radius 1 is 0.952 bits per heavy atom. The average Bonchev–Trinajstić information content (AvgIpc) is 3.47. The van der Waals surface area contributed by atoms with Crippen LogP contribution in [0.2, 0.25) is 10.0 Å². The van der Waals surface area contributed by atoms with Crippen molar-refractivity contribution in [2.75, 3.05) is 7.11 Å². The number of nitrogens with one attached hydrogen (secondary N) is 2. The maximum absolute atomic E-state index is 13.1. The molecular formula is C31H27Cl2N3O6. The first-order valence-corrected chi connectivity index (χ1v) is 13.6. The smallest absolute Gasteiger partial charge is 0.337 e. The monoisotopic (exact) mass is 607 g/mol. The van der Waals surface area contributed by atoms with Gasteiger partial charge < -0.3 is 19.2 Å². The van der Waals surface area contributed by atoms with Gasteiger partial charge in [-0.3, -0.25) is 9.59 Å². The summed E-state index contributed by atoms with van der Waals surface area (Å²) in [5, 5.41) is 7.43. The molecule has 0 aliphatic rings. The lowest BCUT2D eigenvalue weighted by molar-refractivity contribution is -0.132. The van der Waals surface area contributed by atoms with Crippen molar-refractivity contribution in [1.29, 1.82) is 0 Å². The molecule has 0 radical (unpaired) electrons. The number of ether oxygens (including phenoxy) is 2. The van der Waals surface area contributed by atoms with Crippen molar-refractivity contribution in [3.63, 3.8) is 0 Å². The van der Waals surface area contributed by atoms with Crippen LogP contribution in [0.25, 0.3) is 11.3 Å². The van der Waals surface area contributed by atoms with Gasteiger partial charge in [0.05, 0.1) is 23.9 Å². The van der Waals surface area contributed by atoms with E-state index in [2.05, 4.69) is 15.8 Å². The first-order chi connectivity index (χ1) is 20.2. The Balaban J connectivity index is 1.40. The first-order valence-electron chi connectivity index (χ1n) is 12.8. The van der Waals surface area contributed by atoms with E-state index in [4.69, 9.17) is 37.1 Å². The lowest BCUT2D eigenvalue weighted by Crippen LogP contribution is -2.50. The maximum atomic E-state index is 13.1. The minimum absolute atomic E-state index is 0.217. The molecule has 4 aromatic rings. The Morgan fingerprint density at radius 3 is 2.38 bits per heavy atom. The van der Waals surface area contributed by atoms with Crippen molar-refractivity contribution in [2.45, 2.75) is 25.5 Å². The molecule has 216 valence electrons. The van der Waals surface area contributed by atoms with Crippen LogP contribution < -0.4 is 15.5 Å². The summed E-state index contributed by atoms with van der Waals surface area (Å²) in [6.45, 7) is 1.55. The highest BCUT2D eigenvalue weighted by molar-refractivity contribution is 6.35. The molecule has 0 fully saturated rings. The molecule has 0 aliphatic carbocycles. The van der Waals surface area contributed by atoms with E-state index in [1.54, 1.807) is 55.5 Å². The van der Waals surface area contributed by atoms with E-state index in [0.29, 0.717) is 22.1 Å². The van der Waals surface area contributed by atoms with E-state index in [0.717, 1.165) is 11.1 Å². The minimum Gasteiger partial charge on any atom is -0.479 e. The SMILES string of the molecule is COC(=O)c1ccc(-c2ccc(/C=N\NC(=O)[C@H](Cc3ccccc3)NC(=O)[C@@H](C)Oc3ccc(Cl)cc3Cl)o2)cc1. The predicted octanol–water partition coefficient (Wildman–Crippen LogP) is 5.69. The molecule has 11 heteroatoms. The summed E-state index contributed by atoms with van der Waals surface area (Å²) in [5.41, 5.74) is 4.47. The molecule has 2 N–H and O–H groups in total. The number of halogens is 2. The Bertz CT molecular complexity index is 1570. The fourth-order valence-corrected chi connectivity index (χ4v) is 4.32. The maximum Gasteiger partial charge on any atom is 0.337 e. The van der Waals surface area contributed by atoms with E-state index in [9.17, 15) is 14.4 Å². The molecule has 2 amide bonds. The van der Waals surface area contributed by atoms with Crippen molar-refractivity contribution >= 4 is 47.2 Å². The Morgan fingerprint density at radius 2 is 1.69 bits per heavy atom. The molecule has 0 spiro atoms. The van der Waals surface area contributed by atoms with Gasteiger partial charge >= 0.3 is 5.97 Å². The third kappa shape index (κ3) is 8.22. The molecule has 42 heavy (non-hydrogen) atoms. The van der Waals surface area contributed by atoms with Gasteiger partial charge in [0, 0.05) is 17.0 Å². The van der Waals surface area contributed by atoms with Crippen LogP contribution in [0.3, 0.4) is 0 Å². The molecule has 2 atom stereocenters. The number of methoxy groups -OCH3 is 1. The van der Waals surface area contributed by atoms with Crippen LogP contribution in [0.5, 0.6) is 5.75 Å². The molecule has 0 unspecified atom stereocenters. The molecule has 3 aromatic carbocycles. The number of esters is 1. The average molecular weight is 608 g/mol. The van der Waals surface area contributed by atoms with Gasteiger partial charge in [-0.25, -0.2) is 10.2 Å². The van der Waals surface area contributed by atoms with Gasteiger partial charge in [-0.1, -0.05) is 65.7 Å². The lowest BCUT2D eigenvalue weighted by atomic mass is 10.1. The highest BCUT2D eigenvalue weighted by atomic mass is 35.5. The van der Waals surface area contributed by atoms with Gasteiger partial charge in [0.15, 0.2) is 6.10 Å². The Kier molecular flexibility index (Phi) is 10.4. The van der Waals surface area contributed by atoms with E-state index in [-0.39, 0.29) is 17.2 Å². The quantitative estimate of drug-likeness (QED) is 0.128. The molecular weight excluding hydrogens is 581 g/mol. The fourth-order valence-electron chi connectivity index (χ4n) is 3.87. The lowest BCUT2D eigenvalue weighted by Gasteiger charge is -2.21. The van der Waals surface area contributed by atoms with Crippen LogP contribution >= 0.6 is 23.2 Å². The molecule has 1 heterocycles. The second-order valence-corrected chi connectivity index (χ2v) is 9.93. The normalized spacial score (nSPS) is 12.4. The van der Waals surface area contributed by atoms with Gasteiger partial charge in [0.2, 0.25) is 0 Å². The van der Waals surface area contributed by atoms with Crippen LogP contribution in [-0.4, -0.2) is 43.3 Å². The zero-order valence-corrected chi connectivity index (χ0v) is 24.2. The molecule has 0 saturated carbocycles. The third-order valence-corrected chi connectivity index (χ3v) is 6.60. The summed E-state index contributed by atoms with van der Waals surface area (Å²) in [7, 11) is 1.32. The minimum atomic E-state index is -0.957. The van der Waals surface area contributed by atoms with Crippen molar-refractivity contribution in [1.82, 2.24) is 10.7 Å². The predicted molar refractivity (Wildman–Crippen MR) is 160 cm³/mol. The van der Waals surface area contributed by atoms with Crippen LogP contribution in [0.1, 0.15) is 28.6 Å². The molecule has 0 saturated heterocycles. The summed E-state index contributed by atoms with van der Waals surface area (Å²) in [4.78, 5) is 37.7. The molecule has 1 aromatic heterocycles. The van der Waals surface area contributed by atoms with E-state index >= 15 is 0 Å². The van der Waals surface area contributed by atoms with E-state index in [1.807, 2.05) is 30.3 Å². The van der Waals surface area contributed by atoms with Gasteiger partial charge in [0.1, 0.15) is 23.3 Å². The van der Waals surface area contributed by atoms with Crippen LogP contribution in [-0.2, 0) is 20.7 Å². The Hall–Kier alpha value is -4.60.